The first-order chi connectivity index (χ1) is 7.44. The van der Waals surface area contributed by atoms with E-state index in [2.05, 4.69) is 9.47 Å². The van der Waals surface area contributed by atoms with Crippen LogP contribution in [-0.2, 0) is 19.1 Å². The summed E-state index contributed by atoms with van der Waals surface area (Å²) in [4.78, 5) is 20.3. The summed E-state index contributed by atoms with van der Waals surface area (Å²) in [6.45, 7) is -0.284. The van der Waals surface area contributed by atoms with Crippen molar-refractivity contribution in [3.8, 4) is 0 Å². The van der Waals surface area contributed by atoms with E-state index in [1.807, 2.05) is 0 Å². The smallest absolute Gasteiger partial charge is 0.455 e. The lowest BCUT2D eigenvalue weighted by Crippen LogP contribution is -2.33. The van der Waals surface area contributed by atoms with E-state index in [-0.39, 0.29) is 0 Å². The highest BCUT2D eigenvalue weighted by Gasteiger charge is 2.43. The molecule has 0 aromatic heterocycles. The topological polar surface area (TPSA) is 52.6 Å². The van der Waals surface area contributed by atoms with Crippen molar-refractivity contribution in [1.82, 2.24) is 0 Å². The maximum atomic E-state index is 11.6. The second-order valence-corrected chi connectivity index (χ2v) is 2.81. The molecule has 4 nitrogen and oxygen atoms in total. The van der Waals surface area contributed by atoms with Crippen molar-refractivity contribution in [1.29, 1.82) is 0 Å². The molecule has 0 amide bonds. The standard InChI is InChI=1S/C7H6F6O4/c1-3(17-5(15)7(11,12)13)2-16-4(14)6(8,9)10/h3H,2H2,1H3/t3-/m1/s1. The van der Waals surface area contributed by atoms with Crippen molar-refractivity contribution in [2.24, 2.45) is 0 Å². The summed E-state index contributed by atoms with van der Waals surface area (Å²) in [6.07, 6.45) is -12.2. The number of ether oxygens (including phenoxy) is 2. The molecular weight excluding hydrogens is 262 g/mol. The predicted octanol–water partition coefficient (Wildman–Crippen LogP) is 1.59. The van der Waals surface area contributed by atoms with Crippen molar-refractivity contribution in [3.05, 3.63) is 0 Å². The van der Waals surface area contributed by atoms with Gasteiger partial charge in [-0.3, -0.25) is 0 Å². The average molecular weight is 268 g/mol. The van der Waals surface area contributed by atoms with Gasteiger partial charge in [-0.15, -0.1) is 0 Å². The molecular formula is C7H6F6O4. The van der Waals surface area contributed by atoms with Crippen molar-refractivity contribution in [3.63, 3.8) is 0 Å². The molecule has 0 unspecified atom stereocenters. The van der Waals surface area contributed by atoms with Gasteiger partial charge in [-0.25, -0.2) is 9.59 Å². The number of esters is 2. The Hall–Kier alpha value is -1.48. The van der Waals surface area contributed by atoms with Crippen LogP contribution in [0.1, 0.15) is 6.92 Å². The minimum absolute atomic E-state index is 0.841. The third-order valence-electron chi connectivity index (χ3n) is 1.22. The summed E-state index contributed by atoms with van der Waals surface area (Å²) in [5, 5.41) is 0. The van der Waals surface area contributed by atoms with E-state index in [9.17, 15) is 35.9 Å². The molecule has 1 atom stereocenters. The Labute approximate surface area is 90.5 Å². The molecule has 0 saturated carbocycles. The number of alkyl halides is 6. The molecule has 0 bridgehead atoms. The maximum Gasteiger partial charge on any atom is 0.490 e. The number of carbonyl (C=O) groups is 2. The van der Waals surface area contributed by atoms with Crippen LogP contribution in [0.25, 0.3) is 0 Å². The summed E-state index contributed by atoms with van der Waals surface area (Å²) >= 11 is 0. The van der Waals surface area contributed by atoms with Crippen LogP contribution in [0.5, 0.6) is 0 Å². The molecule has 0 aliphatic carbocycles. The molecule has 0 aliphatic rings. The fourth-order valence-corrected chi connectivity index (χ4v) is 0.558. The van der Waals surface area contributed by atoms with Gasteiger partial charge in [-0.1, -0.05) is 0 Å². The Morgan fingerprint density at radius 3 is 1.76 bits per heavy atom. The van der Waals surface area contributed by atoms with Crippen LogP contribution in [-0.4, -0.2) is 37.0 Å². The van der Waals surface area contributed by atoms with Crippen LogP contribution < -0.4 is 0 Å². The monoisotopic (exact) mass is 268 g/mol. The fraction of sp³-hybridized carbons (Fsp3) is 0.714. The molecule has 0 aromatic carbocycles. The van der Waals surface area contributed by atoms with Gasteiger partial charge in [-0.05, 0) is 6.92 Å². The van der Waals surface area contributed by atoms with E-state index < -0.39 is 37.0 Å². The van der Waals surface area contributed by atoms with Crippen LogP contribution in [0.2, 0.25) is 0 Å². The number of hydrogen-bond acceptors (Lipinski definition) is 4. The average Bonchev–Trinajstić information content (AvgIpc) is 2.10. The molecule has 17 heavy (non-hydrogen) atoms. The van der Waals surface area contributed by atoms with Gasteiger partial charge in [0.1, 0.15) is 12.7 Å². The van der Waals surface area contributed by atoms with Crippen LogP contribution in [0, 0.1) is 0 Å². The highest BCUT2D eigenvalue weighted by Crippen LogP contribution is 2.19. The highest BCUT2D eigenvalue weighted by atomic mass is 19.4. The summed E-state index contributed by atoms with van der Waals surface area (Å²) < 4.78 is 76.9. The second-order valence-electron chi connectivity index (χ2n) is 2.81. The lowest BCUT2D eigenvalue weighted by molar-refractivity contribution is -0.212. The Morgan fingerprint density at radius 2 is 1.41 bits per heavy atom. The van der Waals surface area contributed by atoms with E-state index in [0.29, 0.717) is 0 Å². The van der Waals surface area contributed by atoms with Gasteiger partial charge in [-0.2, -0.15) is 26.3 Å². The van der Waals surface area contributed by atoms with Crippen LogP contribution in [0.3, 0.4) is 0 Å². The molecule has 0 fully saturated rings. The quantitative estimate of drug-likeness (QED) is 0.576. The van der Waals surface area contributed by atoms with Gasteiger partial charge in [0.15, 0.2) is 0 Å². The lowest BCUT2D eigenvalue weighted by atomic mass is 10.4. The fourth-order valence-electron chi connectivity index (χ4n) is 0.558. The first-order valence-corrected chi connectivity index (χ1v) is 3.96. The molecule has 0 aliphatic heterocycles. The number of halogens is 6. The lowest BCUT2D eigenvalue weighted by Gasteiger charge is -2.15. The number of rotatable bonds is 3. The van der Waals surface area contributed by atoms with E-state index in [1.165, 1.54) is 0 Å². The highest BCUT2D eigenvalue weighted by molar-refractivity contribution is 5.76. The maximum absolute atomic E-state index is 11.6. The van der Waals surface area contributed by atoms with E-state index in [0.717, 1.165) is 6.92 Å². The van der Waals surface area contributed by atoms with Crippen LogP contribution in [0.15, 0.2) is 0 Å². The largest absolute Gasteiger partial charge is 0.490 e. The molecule has 10 heteroatoms. The first-order valence-electron chi connectivity index (χ1n) is 3.96. The zero-order valence-electron chi connectivity index (χ0n) is 8.19. The molecule has 0 aromatic rings. The molecule has 0 radical (unpaired) electrons. The van der Waals surface area contributed by atoms with E-state index in [1.54, 1.807) is 0 Å². The number of carbonyl (C=O) groups excluding carboxylic acids is 2. The van der Waals surface area contributed by atoms with Gasteiger partial charge < -0.3 is 9.47 Å². The minimum atomic E-state index is -5.26. The van der Waals surface area contributed by atoms with Crippen LogP contribution >= 0.6 is 0 Å². The van der Waals surface area contributed by atoms with Crippen molar-refractivity contribution in [2.75, 3.05) is 6.61 Å². The zero-order chi connectivity index (χ0) is 13.9. The molecule has 0 spiro atoms. The molecule has 100 valence electrons. The Balaban J connectivity index is 4.10. The third kappa shape index (κ3) is 5.97. The third-order valence-corrected chi connectivity index (χ3v) is 1.22. The zero-order valence-corrected chi connectivity index (χ0v) is 8.19. The van der Waals surface area contributed by atoms with Gasteiger partial charge in [0.05, 0.1) is 0 Å². The Bertz CT molecular complexity index is 294. The van der Waals surface area contributed by atoms with Crippen molar-refractivity contribution < 1.29 is 45.4 Å². The normalized spacial score (nSPS) is 14.1. The second kappa shape index (κ2) is 5.23. The molecule has 0 N–H and O–H groups in total. The molecule has 0 heterocycles. The Kier molecular flexibility index (Phi) is 4.78. The summed E-state index contributed by atoms with van der Waals surface area (Å²) in [5.74, 6) is -5.15. The van der Waals surface area contributed by atoms with E-state index >= 15 is 0 Å². The SMILES string of the molecule is C[C@H](COC(=O)C(F)(F)F)OC(=O)C(F)(F)F. The van der Waals surface area contributed by atoms with Crippen molar-refractivity contribution >= 4 is 11.9 Å². The van der Waals surface area contributed by atoms with Crippen molar-refractivity contribution in [2.45, 2.75) is 25.4 Å². The molecule has 0 saturated heterocycles. The van der Waals surface area contributed by atoms with Crippen LogP contribution in [0.4, 0.5) is 26.3 Å². The van der Waals surface area contributed by atoms with Gasteiger partial charge in [0, 0.05) is 0 Å². The predicted molar refractivity (Wildman–Crippen MR) is 38.6 cm³/mol. The van der Waals surface area contributed by atoms with Gasteiger partial charge >= 0.3 is 24.3 Å². The summed E-state index contributed by atoms with van der Waals surface area (Å²) in [7, 11) is 0. The number of hydrogen-bond donors (Lipinski definition) is 0. The molecule has 0 rings (SSSR count). The van der Waals surface area contributed by atoms with E-state index in [4.69, 9.17) is 0 Å². The summed E-state index contributed by atoms with van der Waals surface area (Å²) in [5.41, 5.74) is 0. The Morgan fingerprint density at radius 1 is 1.00 bits per heavy atom. The summed E-state index contributed by atoms with van der Waals surface area (Å²) in [6, 6.07) is 0. The minimum Gasteiger partial charge on any atom is -0.455 e. The van der Waals surface area contributed by atoms with Gasteiger partial charge in [0.25, 0.3) is 0 Å². The van der Waals surface area contributed by atoms with Gasteiger partial charge in [0.2, 0.25) is 0 Å². The first kappa shape index (κ1) is 15.5.